The lowest BCUT2D eigenvalue weighted by molar-refractivity contribution is 0.468. The van der Waals surface area contributed by atoms with E-state index in [1.165, 1.54) is 16.0 Å². The third kappa shape index (κ3) is 2.13. The lowest BCUT2D eigenvalue weighted by Gasteiger charge is -2.14. The first-order valence-corrected chi connectivity index (χ1v) is 7.01. The van der Waals surface area contributed by atoms with E-state index in [1.807, 2.05) is 6.07 Å². The maximum absolute atomic E-state index is 6.32. The van der Waals surface area contributed by atoms with Gasteiger partial charge in [0.15, 0.2) is 0 Å². The van der Waals surface area contributed by atoms with Crippen LogP contribution < -0.4 is 5.73 Å². The molecule has 2 N–H and O–H groups in total. The summed E-state index contributed by atoms with van der Waals surface area (Å²) in [7, 11) is 0. The van der Waals surface area contributed by atoms with Crippen LogP contribution in [0.5, 0.6) is 0 Å². The van der Waals surface area contributed by atoms with E-state index < -0.39 is 0 Å². The molecule has 2 atom stereocenters. The van der Waals surface area contributed by atoms with Crippen LogP contribution in [0.2, 0.25) is 4.34 Å². The molecule has 88 valence electrons. The molecule has 0 amide bonds. The summed E-state index contributed by atoms with van der Waals surface area (Å²) in [6.07, 6.45) is 2.13. The van der Waals surface area contributed by atoms with E-state index >= 15 is 0 Å². The van der Waals surface area contributed by atoms with Crippen molar-refractivity contribution in [2.24, 2.45) is 11.7 Å². The van der Waals surface area contributed by atoms with Crippen LogP contribution in [0.3, 0.4) is 0 Å². The van der Waals surface area contributed by atoms with E-state index in [4.69, 9.17) is 17.3 Å². The maximum Gasteiger partial charge on any atom is 0.0931 e. The molecule has 1 aromatic carbocycles. The fourth-order valence-corrected chi connectivity index (χ4v) is 3.81. The standard InChI is InChI=1S/C14H14ClNS/c15-13-6-5-11(17-13)8-10-7-9-3-1-2-4-12(9)14(10)16/h1-6,10,14H,7-8,16H2. The van der Waals surface area contributed by atoms with Crippen LogP contribution >= 0.6 is 22.9 Å². The van der Waals surface area contributed by atoms with Crippen LogP contribution in [0.1, 0.15) is 22.0 Å². The van der Waals surface area contributed by atoms with E-state index in [2.05, 4.69) is 30.3 Å². The van der Waals surface area contributed by atoms with Gasteiger partial charge in [-0.25, -0.2) is 0 Å². The van der Waals surface area contributed by atoms with Crippen LogP contribution in [0.4, 0.5) is 0 Å². The molecule has 1 aromatic heterocycles. The van der Waals surface area contributed by atoms with E-state index in [-0.39, 0.29) is 6.04 Å². The van der Waals surface area contributed by atoms with Crippen molar-refractivity contribution in [3.8, 4) is 0 Å². The van der Waals surface area contributed by atoms with Gasteiger partial charge in [-0.05, 0) is 42.0 Å². The highest BCUT2D eigenvalue weighted by atomic mass is 35.5. The van der Waals surface area contributed by atoms with Crippen molar-refractivity contribution in [1.82, 2.24) is 0 Å². The van der Waals surface area contributed by atoms with Gasteiger partial charge in [-0.3, -0.25) is 0 Å². The Hall–Kier alpha value is -0.830. The van der Waals surface area contributed by atoms with E-state index in [1.54, 1.807) is 11.3 Å². The largest absolute Gasteiger partial charge is 0.324 e. The average molecular weight is 264 g/mol. The minimum atomic E-state index is 0.173. The van der Waals surface area contributed by atoms with Gasteiger partial charge in [-0.15, -0.1) is 11.3 Å². The summed E-state index contributed by atoms with van der Waals surface area (Å²) >= 11 is 7.62. The van der Waals surface area contributed by atoms with Crippen LogP contribution in [-0.2, 0) is 12.8 Å². The lowest BCUT2D eigenvalue weighted by atomic mass is 9.97. The smallest absolute Gasteiger partial charge is 0.0931 e. The Bertz CT molecular complexity index is 535. The predicted molar refractivity (Wildman–Crippen MR) is 73.6 cm³/mol. The number of benzene rings is 1. The summed E-state index contributed by atoms with van der Waals surface area (Å²) in [5.41, 5.74) is 9.05. The molecule has 0 aliphatic heterocycles. The minimum absolute atomic E-state index is 0.173. The highest BCUT2D eigenvalue weighted by Crippen LogP contribution is 2.37. The Morgan fingerprint density at radius 2 is 2.06 bits per heavy atom. The van der Waals surface area contributed by atoms with Crippen molar-refractivity contribution >= 4 is 22.9 Å². The lowest BCUT2D eigenvalue weighted by Crippen LogP contribution is -2.18. The quantitative estimate of drug-likeness (QED) is 0.876. The van der Waals surface area contributed by atoms with Crippen molar-refractivity contribution in [1.29, 1.82) is 0 Å². The van der Waals surface area contributed by atoms with Crippen LogP contribution in [0.25, 0.3) is 0 Å². The third-order valence-corrected chi connectivity index (χ3v) is 4.75. The van der Waals surface area contributed by atoms with Gasteiger partial charge in [0.05, 0.1) is 4.34 Å². The molecule has 0 bridgehead atoms. The summed E-state index contributed by atoms with van der Waals surface area (Å²) in [6.45, 7) is 0. The first-order valence-electron chi connectivity index (χ1n) is 5.81. The average Bonchev–Trinajstić information content (AvgIpc) is 2.86. The Morgan fingerprint density at radius 1 is 1.24 bits per heavy atom. The molecule has 1 heterocycles. The molecule has 3 heteroatoms. The predicted octanol–water partition coefficient (Wildman–Crippen LogP) is 3.82. The fraction of sp³-hybridized carbons (Fsp3) is 0.286. The van der Waals surface area contributed by atoms with Crippen molar-refractivity contribution in [3.05, 3.63) is 56.7 Å². The van der Waals surface area contributed by atoms with Crippen molar-refractivity contribution in [2.45, 2.75) is 18.9 Å². The van der Waals surface area contributed by atoms with Gasteiger partial charge in [-0.2, -0.15) is 0 Å². The van der Waals surface area contributed by atoms with Gasteiger partial charge in [0.2, 0.25) is 0 Å². The Labute approximate surface area is 110 Å². The zero-order valence-electron chi connectivity index (χ0n) is 9.40. The Morgan fingerprint density at radius 3 is 2.76 bits per heavy atom. The summed E-state index contributed by atoms with van der Waals surface area (Å²) < 4.78 is 0.865. The topological polar surface area (TPSA) is 26.0 Å². The molecule has 0 spiro atoms. The number of nitrogens with two attached hydrogens (primary N) is 1. The maximum atomic E-state index is 6.32. The molecule has 1 aliphatic rings. The second-order valence-electron chi connectivity index (χ2n) is 4.60. The van der Waals surface area contributed by atoms with Crippen molar-refractivity contribution < 1.29 is 0 Å². The van der Waals surface area contributed by atoms with E-state index in [9.17, 15) is 0 Å². The second-order valence-corrected chi connectivity index (χ2v) is 6.40. The number of halogens is 1. The summed E-state index contributed by atoms with van der Waals surface area (Å²) in [4.78, 5) is 1.34. The summed E-state index contributed by atoms with van der Waals surface area (Å²) in [6, 6.07) is 12.8. The first kappa shape index (κ1) is 11.3. The third-order valence-electron chi connectivity index (χ3n) is 3.50. The molecule has 3 rings (SSSR count). The summed E-state index contributed by atoms with van der Waals surface area (Å²) in [5.74, 6) is 0.516. The molecule has 0 radical (unpaired) electrons. The Balaban J connectivity index is 1.80. The molecular weight excluding hydrogens is 250 g/mol. The molecule has 1 aliphatic carbocycles. The SMILES string of the molecule is NC1c2ccccc2CC1Cc1ccc(Cl)s1. The monoisotopic (exact) mass is 263 g/mol. The number of rotatable bonds is 2. The van der Waals surface area contributed by atoms with Crippen molar-refractivity contribution in [2.75, 3.05) is 0 Å². The molecule has 0 saturated carbocycles. The highest BCUT2D eigenvalue weighted by molar-refractivity contribution is 7.16. The minimum Gasteiger partial charge on any atom is -0.324 e. The number of fused-ring (bicyclic) bond motifs is 1. The highest BCUT2D eigenvalue weighted by Gasteiger charge is 2.29. The number of thiophene rings is 1. The zero-order valence-corrected chi connectivity index (χ0v) is 11.0. The molecule has 0 fully saturated rings. The number of hydrogen-bond donors (Lipinski definition) is 1. The zero-order chi connectivity index (χ0) is 11.8. The Kier molecular flexibility index (Phi) is 2.95. The van der Waals surface area contributed by atoms with Gasteiger partial charge in [0.1, 0.15) is 0 Å². The first-order chi connectivity index (χ1) is 8.24. The van der Waals surface area contributed by atoms with Gasteiger partial charge in [-0.1, -0.05) is 35.9 Å². The van der Waals surface area contributed by atoms with Gasteiger partial charge in [0, 0.05) is 10.9 Å². The van der Waals surface area contributed by atoms with E-state index in [0.717, 1.165) is 17.2 Å². The fourth-order valence-electron chi connectivity index (χ4n) is 2.63. The van der Waals surface area contributed by atoms with Gasteiger partial charge >= 0.3 is 0 Å². The van der Waals surface area contributed by atoms with Gasteiger partial charge < -0.3 is 5.73 Å². The van der Waals surface area contributed by atoms with Crippen LogP contribution in [-0.4, -0.2) is 0 Å². The van der Waals surface area contributed by atoms with E-state index in [0.29, 0.717) is 5.92 Å². The molecule has 0 saturated heterocycles. The molecule has 17 heavy (non-hydrogen) atoms. The molecular formula is C14H14ClNS. The second kappa shape index (κ2) is 4.45. The molecule has 2 aromatic rings. The normalized spacial score (nSPS) is 22.7. The van der Waals surface area contributed by atoms with Crippen LogP contribution in [0.15, 0.2) is 36.4 Å². The summed E-state index contributed by atoms with van der Waals surface area (Å²) in [5, 5.41) is 0. The number of hydrogen-bond acceptors (Lipinski definition) is 2. The molecule has 1 nitrogen and oxygen atoms in total. The van der Waals surface area contributed by atoms with Gasteiger partial charge in [0.25, 0.3) is 0 Å². The van der Waals surface area contributed by atoms with Crippen molar-refractivity contribution in [3.63, 3.8) is 0 Å². The molecule has 2 unspecified atom stereocenters. The van der Waals surface area contributed by atoms with Crippen LogP contribution in [0, 0.1) is 5.92 Å².